The molecule has 0 unspecified atom stereocenters. The molecule has 0 fully saturated rings. The Kier molecular flexibility index (Phi) is 5.80. The zero-order chi connectivity index (χ0) is 19.9. The van der Waals surface area contributed by atoms with Crippen LogP contribution in [0, 0.1) is 36.5 Å². The molecule has 3 rings (SSSR count). The van der Waals surface area contributed by atoms with Crippen molar-refractivity contribution in [1.82, 2.24) is 4.98 Å². The van der Waals surface area contributed by atoms with Gasteiger partial charge in [0, 0.05) is 5.56 Å². The van der Waals surface area contributed by atoms with Gasteiger partial charge in [-0.3, -0.25) is 0 Å². The summed E-state index contributed by atoms with van der Waals surface area (Å²) in [7, 11) is 0. The number of pyridine rings is 1. The van der Waals surface area contributed by atoms with Gasteiger partial charge >= 0.3 is 0 Å². The van der Waals surface area contributed by atoms with Gasteiger partial charge in [-0.1, -0.05) is 77.9 Å². The summed E-state index contributed by atoms with van der Waals surface area (Å²) in [4.78, 5) is 4.40. The van der Waals surface area contributed by atoms with Crippen molar-refractivity contribution < 1.29 is 0 Å². The summed E-state index contributed by atoms with van der Waals surface area (Å²) in [6, 6.07) is 22.1. The van der Waals surface area contributed by atoms with Crippen LogP contribution in [0.1, 0.15) is 44.8 Å². The van der Waals surface area contributed by atoms with Crippen molar-refractivity contribution in [2.45, 2.75) is 13.8 Å². The number of aryl methyl sites for hydroxylation is 2. The van der Waals surface area contributed by atoms with Gasteiger partial charge in [-0.05, 0) is 37.1 Å². The van der Waals surface area contributed by atoms with E-state index in [-0.39, 0.29) is 11.3 Å². The fourth-order valence-electron chi connectivity index (χ4n) is 2.70. The van der Waals surface area contributed by atoms with Gasteiger partial charge in [0.1, 0.15) is 12.1 Å². The molecule has 0 amide bonds. The van der Waals surface area contributed by atoms with Crippen LogP contribution in [-0.2, 0) is 0 Å². The Morgan fingerprint density at radius 1 is 0.714 bits per heavy atom. The van der Waals surface area contributed by atoms with Crippen LogP contribution < -0.4 is 0 Å². The first-order chi connectivity index (χ1) is 13.6. The molecule has 28 heavy (non-hydrogen) atoms. The van der Waals surface area contributed by atoms with E-state index in [0.29, 0.717) is 5.69 Å². The first-order valence-corrected chi connectivity index (χ1v) is 8.94. The lowest BCUT2D eigenvalue weighted by Gasteiger charge is -2.04. The fraction of sp³-hybridized carbons (Fsp3) is 0.0800. The molecule has 2 aromatic carbocycles. The minimum atomic E-state index is 0.138. The van der Waals surface area contributed by atoms with Crippen LogP contribution in [0.5, 0.6) is 0 Å². The van der Waals surface area contributed by atoms with Crippen LogP contribution in [0.15, 0.2) is 54.6 Å². The first-order valence-electron chi connectivity index (χ1n) is 8.94. The maximum absolute atomic E-state index is 9.33. The molecule has 1 aromatic heterocycles. The van der Waals surface area contributed by atoms with Crippen molar-refractivity contribution >= 4 is 24.3 Å². The maximum Gasteiger partial charge on any atom is 0.158 e. The highest BCUT2D eigenvalue weighted by atomic mass is 14.7. The van der Waals surface area contributed by atoms with Gasteiger partial charge in [0.15, 0.2) is 5.69 Å². The third-order valence-corrected chi connectivity index (χ3v) is 4.35. The Hall–Kier alpha value is -3.95. The van der Waals surface area contributed by atoms with E-state index in [9.17, 15) is 10.5 Å². The van der Waals surface area contributed by atoms with Crippen molar-refractivity contribution in [3.05, 3.63) is 99.4 Å². The number of hydrogen-bond donors (Lipinski definition) is 0. The van der Waals surface area contributed by atoms with Crippen LogP contribution >= 0.6 is 0 Å². The summed E-state index contributed by atoms with van der Waals surface area (Å²) in [5, 5.41) is 18.6. The lowest BCUT2D eigenvalue weighted by molar-refractivity contribution is 1.21. The van der Waals surface area contributed by atoms with Gasteiger partial charge in [0.25, 0.3) is 0 Å². The van der Waals surface area contributed by atoms with Gasteiger partial charge in [-0.25, -0.2) is 4.98 Å². The lowest BCUT2D eigenvalue weighted by atomic mass is 10.0. The zero-order valence-electron chi connectivity index (χ0n) is 15.8. The predicted octanol–water partition coefficient (Wildman–Crippen LogP) is 5.78. The first kappa shape index (κ1) is 18.8. The average molecular weight is 361 g/mol. The van der Waals surface area contributed by atoms with Crippen LogP contribution in [-0.4, -0.2) is 4.98 Å². The normalized spacial score (nSPS) is 10.9. The van der Waals surface area contributed by atoms with E-state index < -0.39 is 0 Å². The van der Waals surface area contributed by atoms with Crippen LogP contribution in [0.3, 0.4) is 0 Å². The van der Waals surface area contributed by atoms with E-state index in [1.807, 2.05) is 80.6 Å². The Labute approximate surface area is 165 Å². The van der Waals surface area contributed by atoms with E-state index in [0.717, 1.165) is 16.7 Å². The summed E-state index contributed by atoms with van der Waals surface area (Å²) >= 11 is 0. The number of benzene rings is 2. The molecule has 3 aromatic rings. The SMILES string of the molecule is Cc1ccc(/C=C/c2cc(C#N)c(C#N)nc2/C=C/c2ccc(C)cc2)cc1. The average Bonchev–Trinajstić information content (AvgIpc) is 2.72. The molecule has 0 saturated heterocycles. The Balaban J connectivity index is 2.01. The molecule has 0 aliphatic heterocycles. The highest BCUT2D eigenvalue weighted by Crippen LogP contribution is 2.19. The zero-order valence-corrected chi connectivity index (χ0v) is 15.8. The monoisotopic (exact) mass is 361 g/mol. The molecule has 0 atom stereocenters. The van der Waals surface area contributed by atoms with E-state index in [1.54, 1.807) is 6.07 Å². The van der Waals surface area contributed by atoms with Crippen molar-refractivity contribution in [2.75, 3.05) is 0 Å². The largest absolute Gasteiger partial charge is 0.236 e. The van der Waals surface area contributed by atoms with Crippen molar-refractivity contribution in [1.29, 1.82) is 10.5 Å². The van der Waals surface area contributed by atoms with Gasteiger partial charge in [-0.2, -0.15) is 10.5 Å². The molecule has 0 aliphatic rings. The standard InChI is InChI=1S/C25H19N3/c1-18-3-7-20(8-4-18)11-13-22-15-23(16-26)25(17-27)28-24(22)14-12-21-9-5-19(2)6-10-21/h3-15H,1-2H3/b13-11+,14-12+. The second kappa shape index (κ2) is 8.62. The number of nitrogens with zero attached hydrogens (tertiary/aromatic N) is 3. The van der Waals surface area contributed by atoms with Gasteiger partial charge in [-0.15, -0.1) is 0 Å². The summed E-state index contributed by atoms with van der Waals surface area (Å²) in [6.07, 6.45) is 7.74. The smallest absolute Gasteiger partial charge is 0.158 e. The summed E-state index contributed by atoms with van der Waals surface area (Å²) < 4.78 is 0. The minimum absolute atomic E-state index is 0.138. The lowest BCUT2D eigenvalue weighted by Crippen LogP contribution is -1.96. The Bertz CT molecular complexity index is 1030. The number of rotatable bonds is 4. The molecule has 0 N–H and O–H groups in total. The second-order valence-corrected chi connectivity index (χ2v) is 6.57. The van der Waals surface area contributed by atoms with Gasteiger partial charge < -0.3 is 0 Å². The molecule has 1 heterocycles. The highest BCUT2D eigenvalue weighted by Gasteiger charge is 2.08. The molecule has 134 valence electrons. The summed E-state index contributed by atoms with van der Waals surface area (Å²) in [6.45, 7) is 4.09. The van der Waals surface area contributed by atoms with Crippen molar-refractivity contribution in [2.24, 2.45) is 0 Å². The topological polar surface area (TPSA) is 60.5 Å². The van der Waals surface area contributed by atoms with E-state index in [2.05, 4.69) is 23.2 Å². The van der Waals surface area contributed by atoms with Crippen LogP contribution in [0.4, 0.5) is 0 Å². The van der Waals surface area contributed by atoms with E-state index in [1.165, 1.54) is 11.1 Å². The van der Waals surface area contributed by atoms with Crippen LogP contribution in [0.25, 0.3) is 24.3 Å². The second-order valence-electron chi connectivity index (χ2n) is 6.57. The molecule has 0 radical (unpaired) electrons. The minimum Gasteiger partial charge on any atom is -0.236 e. The number of aromatic nitrogens is 1. The molecule has 3 heteroatoms. The van der Waals surface area contributed by atoms with Crippen LogP contribution in [0.2, 0.25) is 0 Å². The summed E-state index contributed by atoms with van der Waals surface area (Å²) in [5.74, 6) is 0. The highest BCUT2D eigenvalue weighted by molar-refractivity contribution is 5.79. The maximum atomic E-state index is 9.33. The molecule has 0 spiro atoms. The van der Waals surface area contributed by atoms with E-state index in [4.69, 9.17) is 0 Å². The molecular formula is C25H19N3. The van der Waals surface area contributed by atoms with E-state index >= 15 is 0 Å². The third-order valence-electron chi connectivity index (χ3n) is 4.35. The summed E-state index contributed by atoms with van der Waals surface area (Å²) in [5.41, 5.74) is 6.36. The molecule has 0 saturated carbocycles. The number of hydrogen-bond acceptors (Lipinski definition) is 3. The molecular weight excluding hydrogens is 342 g/mol. The predicted molar refractivity (Wildman–Crippen MR) is 114 cm³/mol. The van der Waals surface area contributed by atoms with Gasteiger partial charge in [0.05, 0.1) is 11.3 Å². The van der Waals surface area contributed by atoms with Crippen molar-refractivity contribution in [3.63, 3.8) is 0 Å². The Morgan fingerprint density at radius 3 is 1.75 bits per heavy atom. The fourth-order valence-corrected chi connectivity index (χ4v) is 2.70. The Morgan fingerprint density at radius 2 is 1.25 bits per heavy atom. The van der Waals surface area contributed by atoms with Gasteiger partial charge in [0.2, 0.25) is 0 Å². The molecule has 3 nitrogen and oxygen atoms in total. The number of nitriles is 2. The molecule has 0 bridgehead atoms. The quantitative estimate of drug-likeness (QED) is 0.591. The molecule has 0 aliphatic carbocycles. The third kappa shape index (κ3) is 4.61. The van der Waals surface area contributed by atoms with Crippen molar-refractivity contribution in [3.8, 4) is 12.1 Å².